The van der Waals surface area contributed by atoms with Gasteiger partial charge >= 0.3 is 0 Å². The number of anilines is 1. The van der Waals surface area contributed by atoms with E-state index in [2.05, 4.69) is 22.5 Å². The summed E-state index contributed by atoms with van der Waals surface area (Å²) < 4.78 is 5.99. The van der Waals surface area contributed by atoms with E-state index in [1.54, 1.807) is 12.3 Å². The number of hydrogen-bond acceptors (Lipinski definition) is 4. The van der Waals surface area contributed by atoms with Crippen molar-refractivity contribution < 1.29 is 9.53 Å². The summed E-state index contributed by atoms with van der Waals surface area (Å²) in [5.41, 5.74) is 2.83. The summed E-state index contributed by atoms with van der Waals surface area (Å²) in [6, 6.07) is 9.91. The second-order valence-electron chi connectivity index (χ2n) is 6.72. The molecule has 0 spiro atoms. The van der Waals surface area contributed by atoms with Crippen molar-refractivity contribution in [3.63, 3.8) is 0 Å². The van der Waals surface area contributed by atoms with Gasteiger partial charge in [0.1, 0.15) is 11.4 Å². The van der Waals surface area contributed by atoms with Gasteiger partial charge in [0.2, 0.25) is 11.8 Å². The fourth-order valence-corrected chi connectivity index (χ4v) is 3.11. The maximum atomic E-state index is 12.6. The molecule has 3 rings (SSSR count). The first-order valence-electron chi connectivity index (χ1n) is 8.78. The Morgan fingerprint density at radius 1 is 1.28 bits per heavy atom. The Labute approximate surface area is 148 Å². The molecule has 5 nitrogen and oxygen atoms in total. The Hall–Kier alpha value is -2.40. The van der Waals surface area contributed by atoms with E-state index in [0.29, 0.717) is 17.6 Å². The van der Waals surface area contributed by atoms with E-state index in [0.717, 1.165) is 36.3 Å². The number of aryl methyl sites for hydroxylation is 1. The highest BCUT2D eigenvalue weighted by Crippen LogP contribution is 2.31. The van der Waals surface area contributed by atoms with Gasteiger partial charge in [-0.2, -0.15) is 0 Å². The summed E-state index contributed by atoms with van der Waals surface area (Å²) in [6.45, 7) is 7.04. The van der Waals surface area contributed by atoms with E-state index in [1.165, 1.54) is 0 Å². The number of nitrogens with zero attached hydrogens (tertiary/aromatic N) is 1. The average Bonchev–Trinajstić information content (AvgIpc) is 2.60. The zero-order valence-electron chi connectivity index (χ0n) is 15.0. The third kappa shape index (κ3) is 4.17. The van der Waals surface area contributed by atoms with Crippen LogP contribution in [0.25, 0.3) is 0 Å². The molecule has 1 aromatic carbocycles. The number of ether oxygens (including phenoxy) is 1. The summed E-state index contributed by atoms with van der Waals surface area (Å²) in [5, 5.41) is 6.37. The van der Waals surface area contributed by atoms with Crippen LogP contribution in [-0.2, 0) is 4.79 Å². The van der Waals surface area contributed by atoms with Gasteiger partial charge in [0.05, 0.1) is 0 Å². The maximum Gasteiger partial charge on any atom is 0.243 e. The van der Waals surface area contributed by atoms with Crippen LogP contribution in [0.4, 0.5) is 5.69 Å². The molecule has 2 heterocycles. The van der Waals surface area contributed by atoms with Crippen molar-refractivity contribution in [3.05, 3.63) is 47.7 Å². The Bertz CT molecular complexity index is 760. The quantitative estimate of drug-likeness (QED) is 0.889. The maximum absolute atomic E-state index is 12.6. The lowest BCUT2D eigenvalue weighted by Crippen LogP contribution is -2.40. The summed E-state index contributed by atoms with van der Waals surface area (Å²) in [4.78, 5) is 16.9. The molecular formula is C20H25N3O2. The molecule has 1 fully saturated rings. The molecule has 0 saturated carbocycles. The van der Waals surface area contributed by atoms with Gasteiger partial charge < -0.3 is 15.4 Å². The number of nitrogens with one attached hydrogen (secondary N) is 2. The van der Waals surface area contributed by atoms with Gasteiger partial charge in [-0.1, -0.05) is 12.1 Å². The van der Waals surface area contributed by atoms with E-state index < -0.39 is 0 Å². The first-order chi connectivity index (χ1) is 12.0. The Morgan fingerprint density at radius 3 is 2.92 bits per heavy atom. The summed E-state index contributed by atoms with van der Waals surface area (Å²) in [6.07, 6.45) is 3.37. The Kier molecular flexibility index (Phi) is 5.34. The molecule has 1 saturated heterocycles. The van der Waals surface area contributed by atoms with Gasteiger partial charge in [0.25, 0.3) is 0 Å². The van der Waals surface area contributed by atoms with Crippen molar-refractivity contribution >= 4 is 11.6 Å². The summed E-state index contributed by atoms with van der Waals surface area (Å²) in [7, 11) is 0. The largest absolute Gasteiger partial charge is 0.437 e. The summed E-state index contributed by atoms with van der Waals surface area (Å²) >= 11 is 0. The third-order valence-electron chi connectivity index (χ3n) is 4.79. The number of rotatable bonds is 4. The molecule has 0 unspecified atom stereocenters. The molecule has 0 aliphatic carbocycles. The molecule has 1 aliphatic heterocycles. The Morgan fingerprint density at radius 2 is 2.12 bits per heavy atom. The normalized spacial score (nSPS) is 20.1. The minimum absolute atomic E-state index is 0.0185. The van der Waals surface area contributed by atoms with Crippen molar-refractivity contribution in [1.82, 2.24) is 10.3 Å². The molecule has 2 aromatic rings. The fraction of sp³-hybridized carbons (Fsp3) is 0.400. The van der Waals surface area contributed by atoms with E-state index >= 15 is 0 Å². The van der Waals surface area contributed by atoms with Crippen molar-refractivity contribution in [2.24, 2.45) is 5.92 Å². The third-order valence-corrected chi connectivity index (χ3v) is 4.79. The first kappa shape index (κ1) is 17.4. The second-order valence-corrected chi connectivity index (χ2v) is 6.72. The first-order valence-corrected chi connectivity index (χ1v) is 8.78. The average molecular weight is 339 g/mol. The van der Waals surface area contributed by atoms with Crippen molar-refractivity contribution in [1.29, 1.82) is 0 Å². The minimum atomic E-state index is 0.0185. The SMILES string of the molecule is Cc1cccc(Oc2ncccc2NC(=O)[C@H]2CCN[C@@H](C)C2)c1C. The van der Waals surface area contributed by atoms with Crippen LogP contribution in [0.1, 0.15) is 30.9 Å². The van der Waals surface area contributed by atoms with E-state index in [1.807, 2.05) is 38.1 Å². The molecule has 0 radical (unpaired) electrons. The number of hydrogen-bond donors (Lipinski definition) is 2. The van der Waals surface area contributed by atoms with Crippen LogP contribution in [-0.4, -0.2) is 23.5 Å². The highest BCUT2D eigenvalue weighted by Gasteiger charge is 2.25. The van der Waals surface area contributed by atoms with Gasteiger partial charge in [-0.25, -0.2) is 4.98 Å². The molecule has 1 amide bonds. The molecule has 132 valence electrons. The lowest BCUT2D eigenvalue weighted by Gasteiger charge is -2.27. The van der Waals surface area contributed by atoms with Crippen molar-refractivity contribution in [2.75, 3.05) is 11.9 Å². The van der Waals surface area contributed by atoms with Crippen LogP contribution in [0.15, 0.2) is 36.5 Å². The molecule has 2 atom stereocenters. The van der Waals surface area contributed by atoms with Crippen LogP contribution in [0.2, 0.25) is 0 Å². The smallest absolute Gasteiger partial charge is 0.243 e. The molecule has 0 bridgehead atoms. The number of benzene rings is 1. The minimum Gasteiger partial charge on any atom is -0.437 e. The summed E-state index contributed by atoms with van der Waals surface area (Å²) in [5.74, 6) is 1.23. The number of carbonyl (C=O) groups excluding carboxylic acids is 1. The van der Waals surface area contributed by atoms with Gasteiger partial charge in [-0.05, 0) is 69.5 Å². The number of carbonyl (C=O) groups is 1. The van der Waals surface area contributed by atoms with Gasteiger partial charge in [0.15, 0.2) is 0 Å². The molecule has 2 N–H and O–H groups in total. The molecule has 25 heavy (non-hydrogen) atoms. The van der Waals surface area contributed by atoms with Gasteiger partial charge in [-0.15, -0.1) is 0 Å². The van der Waals surface area contributed by atoms with Crippen LogP contribution < -0.4 is 15.4 Å². The fourth-order valence-electron chi connectivity index (χ4n) is 3.11. The second kappa shape index (κ2) is 7.66. The zero-order chi connectivity index (χ0) is 17.8. The topological polar surface area (TPSA) is 63.2 Å². The standard InChI is InChI=1S/C20H25N3O2/c1-13-6-4-8-18(15(13)3)25-20-17(7-5-10-22-20)23-19(24)16-9-11-21-14(2)12-16/h4-8,10,14,16,21H,9,11-12H2,1-3H3,(H,23,24)/t14-,16-/m0/s1. The molecule has 5 heteroatoms. The van der Waals surface area contributed by atoms with Crippen molar-refractivity contribution in [2.45, 2.75) is 39.7 Å². The number of piperidine rings is 1. The predicted molar refractivity (Wildman–Crippen MR) is 99.0 cm³/mol. The molecular weight excluding hydrogens is 314 g/mol. The van der Waals surface area contributed by atoms with E-state index in [4.69, 9.17) is 4.74 Å². The van der Waals surface area contributed by atoms with E-state index in [-0.39, 0.29) is 11.8 Å². The number of aromatic nitrogens is 1. The van der Waals surface area contributed by atoms with Crippen LogP contribution in [0, 0.1) is 19.8 Å². The molecule has 1 aliphatic rings. The highest BCUT2D eigenvalue weighted by molar-refractivity contribution is 5.93. The Balaban J connectivity index is 1.77. The lowest BCUT2D eigenvalue weighted by molar-refractivity contribution is -0.120. The van der Waals surface area contributed by atoms with Gasteiger partial charge in [-0.3, -0.25) is 4.79 Å². The monoisotopic (exact) mass is 339 g/mol. The number of pyridine rings is 1. The molecule has 1 aromatic heterocycles. The van der Waals surface area contributed by atoms with Crippen LogP contribution in [0.5, 0.6) is 11.6 Å². The van der Waals surface area contributed by atoms with Crippen LogP contribution >= 0.6 is 0 Å². The van der Waals surface area contributed by atoms with E-state index in [9.17, 15) is 4.79 Å². The van der Waals surface area contributed by atoms with Crippen molar-refractivity contribution in [3.8, 4) is 11.6 Å². The highest BCUT2D eigenvalue weighted by atomic mass is 16.5. The van der Waals surface area contributed by atoms with Gasteiger partial charge in [0, 0.05) is 18.2 Å². The number of amides is 1. The predicted octanol–water partition coefficient (Wildman–Crippen LogP) is 3.82. The zero-order valence-corrected chi connectivity index (χ0v) is 15.0. The van der Waals surface area contributed by atoms with Crippen LogP contribution in [0.3, 0.4) is 0 Å². The lowest BCUT2D eigenvalue weighted by atomic mass is 9.92.